The number of nitrogens with zero attached hydrogens (tertiary/aromatic N) is 2. The summed E-state index contributed by atoms with van der Waals surface area (Å²) in [5.41, 5.74) is 2.81. The smallest absolute Gasteiger partial charge is 0.305 e. The summed E-state index contributed by atoms with van der Waals surface area (Å²) in [6, 6.07) is 21.1. The molecule has 7 nitrogen and oxygen atoms in total. The molecule has 7 heteroatoms. The van der Waals surface area contributed by atoms with E-state index in [1.54, 1.807) is 6.20 Å². The lowest BCUT2D eigenvalue weighted by Crippen LogP contribution is -2.36. The van der Waals surface area contributed by atoms with E-state index in [1.807, 2.05) is 66.7 Å². The number of anilines is 3. The molecule has 0 spiro atoms. The minimum absolute atomic E-state index is 0.00668. The van der Waals surface area contributed by atoms with Gasteiger partial charge in [-0.15, -0.1) is 0 Å². The van der Waals surface area contributed by atoms with Crippen molar-refractivity contribution >= 4 is 23.2 Å². The maximum Gasteiger partial charge on any atom is 0.305 e. The van der Waals surface area contributed by atoms with Gasteiger partial charge in [-0.2, -0.15) is 0 Å². The summed E-state index contributed by atoms with van der Waals surface area (Å²) in [4.78, 5) is 17.9. The number of benzene rings is 2. The van der Waals surface area contributed by atoms with Gasteiger partial charge in [0.2, 0.25) is 0 Å². The highest BCUT2D eigenvalue weighted by Gasteiger charge is 2.20. The molecule has 0 bridgehead atoms. The normalized spacial score (nSPS) is 13.6. The predicted octanol–water partition coefficient (Wildman–Crippen LogP) is 4.02. The Labute approximate surface area is 181 Å². The van der Waals surface area contributed by atoms with Crippen molar-refractivity contribution in [2.24, 2.45) is 0 Å². The van der Waals surface area contributed by atoms with E-state index < -0.39 is 5.97 Å². The van der Waals surface area contributed by atoms with Gasteiger partial charge in [0.25, 0.3) is 0 Å². The molecule has 1 unspecified atom stereocenters. The van der Waals surface area contributed by atoms with E-state index in [-0.39, 0.29) is 12.5 Å². The highest BCUT2D eigenvalue weighted by atomic mass is 16.5. The molecule has 3 N–H and O–H groups in total. The van der Waals surface area contributed by atoms with Crippen molar-refractivity contribution in [2.45, 2.75) is 12.5 Å². The third-order valence-corrected chi connectivity index (χ3v) is 5.19. The summed E-state index contributed by atoms with van der Waals surface area (Å²) in [5, 5.41) is 16.0. The Bertz CT molecular complexity index is 998. The van der Waals surface area contributed by atoms with E-state index in [0.717, 1.165) is 48.1 Å². The molecule has 1 aromatic heterocycles. The first-order valence-electron chi connectivity index (χ1n) is 10.4. The Kier molecular flexibility index (Phi) is 6.52. The van der Waals surface area contributed by atoms with Crippen molar-refractivity contribution in [3.63, 3.8) is 0 Å². The quantitative estimate of drug-likeness (QED) is 0.484. The summed E-state index contributed by atoms with van der Waals surface area (Å²) in [5.74, 6) is 0.819. The molecule has 1 aliphatic rings. The standard InChI is InChI=1S/C24H26N4O3/c29-24(30)17-20(18-6-2-1-3-7-18)27-19-9-10-21-22(16-19)31-15-14-28(21)13-12-26-23-8-4-5-11-25-23/h1-11,16,20,27H,12-15,17H2,(H,25,26)(H,29,30). The Balaban J connectivity index is 1.44. The fraction of sp³-hybridized carbons (Fsp3) is 0.250. The SMILES string of the molecule is O=C(O)CC(Nc1ccc2c(c1)OCCN2CCNc1ccccn1)c1ccccc1. The number of hydrogen-bond acceptors (Lipinski definition) is 6. The number of nitrogens with one attached hydrogen (secondary N) is 2. The highest BCUT2D eigenvalue weighted by Crippen LogP contribution is 2.35. The molecule has 0 amide bonds. The number of fused-ring (bicyclic) bond motifs is 1. The second kappa shape index (κ2) is 9.84. The molecule has 1 aliphatic heterocycles. The van der Waals surface area contributed by atoms with Crippen molar-refractivity contribution in [2.75, 3.05) is 41.8 Å². The fourth-order valence-corrected chi connectivity index (χ4v) is 3.70. The average Bonchev–Trinajstić information content (AvgIpc) is 2.80. The highest BCUT2D eigenvalue weighted by molar-refractivity contribution is 5.70. The van der Waals surface area contributed by atoms with Gasteiger partial charge >= 0.3 is 5.97 Å². The number of carbonyl (C=O) groups is 1. The number of pyridine rings is 1. The van der Waals surface area contributed by atoms with Crippen LogP contribution in [0.25, 0.3) is 0 Å². The van der Waals surface area contributed by atoms with Gasteiger partial charge < -0.3 is 25.4 Å². The topological polar surface area (TPSA) is 86.7 Å². The second-order valence-corrected chi connectivity index (χ2v) is 7.37. The number of hydrogen-bond donors (Lipinski definition) is 3. The van der Waals surface area contributed by atoms with Crippen LogP contribution in [0.1, 0.15) is 18.0 Å². The van der Waals surface area contributed by atoms with Crippen LogP contribution in [0.3, 0.4) is 0 Å². The van der Waals surface area contributed by atoms with Gasteiger partial charge in [0.05, 0.1) is 24.7 Å². The molecular weight excluding hydrogens is 392 g/mol. The number of carboxylic acids is 1. The summed E-state index contributed by atoms with van der Waals surface area (Å²) < 4.78 is 5.90. The molecule has 4 rings (SSSR count). The van der Waals surface area contributed by atoms with Crippen LogP contribution in [0.2, 0.25) is 0 Å². The van der Waals surface area contributed by atoms with E-state index in [1.165, 1.54) is 0 Å². The van der Waals surface area contributed by atoms with Crippen molar-refractivity contribution < 1.29 is 14.6 Å². The average molecular weight is 418 g/mol. The molecule has 2 heterocycles. The maximum atomic E-state index is 11.4. The lowest BCUT2D eigenvalue weighted by molar-refractivity contribution is -0.137. The number of aromatic nitrogens is 1. The third kappa shape index (κ3) is 5.45. The Morgan fingerprint density at radius 2 is 1.97 bits per heavy atom. The number of ether oxygens (including phenoxy) is 1. The summed E-state index contributed by atoms with van der Waals surface area (Å²) in [6.45, 7) is 3.02. The van der Waals surface area contributed by atoms with Crippen molar-refractivity contribution in [3.8, 4) is 5.75 Å². The van der Waals surface area contributed by atoms with E-state index in [9.17, 15) is 9.90 Å². The number of aliphatic carboxylic acids is 1. The Morgan fingerprint density at radius 3 is 2.74 bits per heavy atom. The molecule has 1 atom stereocenters. The Morgan fingerprint density at radius 1 is 1.13 bits per heavy atom. The minimum Gasteiger partial charge on any atom is -0.489 e. The van der Waals surface area contributed by atoms with Crippen LogP contribution in [0.4, 0.5) is 17.2 Å². The van der Waals surface area contributed by atoms with Gasteiger partial charge in [0.1, 0.15) is 18.2 Å². The second-order valence-electron chi connectivity index (χ2n) is 7.37. The van der Waals surface area contributed by atoms with Crippen LogP contribution in [-0.2, 0) is 4.79 Å². The molecule has 0 aliphatic carbocycles. The zero-order chi connectivity index (χ0) is 21.5. The summed E-state index contributed by atoms with van der Waals surface area (Å²) >= 11 is 0. The molecule has 0 fully saturated rings. The number of rotatable bonds is 9. The van der Waals surface area contributed by atoms with Crippen molar-refractivity contribution in [3.05, 3.63) is 78.5 Å². The van der Waals surface area contributed by atoms with Gasteiger partial charge in [-0.1, -0.05) is 36.4 Å². The molecule has 160 valence electrons. The van der Waals surface area contributed by atoms with E-state index in [0.29, 0.717) is 6.61 Å². The first kappa shape index (κ1) is 20.5. The zero-order valence-electron chi connectivity index (χ0n) is 17.2. The summed E-state index contributed by atoms with van der Waals surface area (Å²) in [6.07, 6.45) is 1.77. The molecule has 31 heavy (non-hydrogen) atoms. The van der Waals surface area contributed by atoms with Gasteiger partial charge in [0, 0.05) is 31.0 Å². The van der Waals surface area contributed by atoms with E-state index >= 15 is 0 Å². The molecular formula is C24H26N4O3. The van der Waals surface area contributed by atoms with E-state index in [4.69, 9.17) is 4.74 Å². The lowest BCUT2D eigenvalue weighted by atomic mass is 10.0. The van der Waals surface area contributed by atoms with Crippen LogP contribution >= 0.6 is 0 Å². The predicted molar refractivity (Wildman–Crippen MR) is 122 cm³/mol. The van der Waals surface area contributed by atoms with Crippen molar-refractivity contribution in [1.82, 2.24) is 4.98 Å². The molecule has 0 saturated heterocycles. The zero-order valence-corrected chi connectivity index (χ0v) is 17.2. The van der Waals surface area contributed by atoms with Crippen molar-refractivity contribution in [1.29, 1.82) is 0 Å². The monoisotopic (exact) mass is 418 g/mol. The molecule has 0 radical (unpaired) electrons. The molecule has 3 aromatic rings. The first-order chi connectivity index (χ1) is 15.2. The van der Waals surface area contributed by atoms with Gasteiger partial charge in [-0.05, 0) is 29.8 Å². The number of carboxylic acid groups (broad SMARTS) is 1. The lowest BCUT2D eigenvalue weighted by Gasteiger charge is -2.32. The maximum absolute atomic E-state index is 11.4. The van der Waals surface area contributed by atoms with Gasteiger partial charge in [-0.25, -0.2) is 4.98 Å². The van der Waals surface area contributed by atoms with Gasteiger partial charge in [-0.3, -0.25) is 4.79 Å². The first-order valence-corrected chi connectivity index (χ1v) is 10.4. The minimum atomic E-state index is -0.845. The Hall–Kier alpha value is -3.74. The van der Waals surface area contributed by atoms with Crippen LogP contribution in [0, 0.1) is 0 Å². The van der Waals surface area contributed by atoms with Gasteiger partial charge in [0.15, 0.2) is 0 Å². The van der Waals surface area contributed by atoms with Crippen LogP contribution in [0.15, 0.2) is 72.9 Å². The summed E-state index contributed by atoms with van der Waals surface area (Å²) in [7, 11) is 0. The van der Waals surface area contributed by atoms with Crippen LogP contribution in [-0.4, -0.2) is 42.3 Å². The van der Waals surface area contributed by atoms with E-state index in [2.05, 4.69) is 20.5 Å². The van der Waals surface area contributed by atoms with Crippen LogP contribution in [0.5, 0.6) is 5.75 Å². The third-order valence-electron chi connectivity index (χ3n) is 5.19. The molecule has 2 aromatic carbocycles. The largest absolute Gasteiger partial charge is 0.489 e. The molecule has 0 saturated carbocycles. The fourth-order valence-electron chi connectivity index (χ4n) is 3.70. The van der Waals surface area contributed by atoms with Crippen LogP contribution < -0.4 is 20.3 Å².